The molecule has 74 valence electrons. The molecule has 3 heteroatoms. The van der Waals surface area contributed by atoms with Crippen LogP contribution in [0.5, 0.6) is 0 Å². The average Bonchev–Trinajstić information content (AvgIpc) is 1.94. The minimum absolute atomic E-state index is 0.0281. The van der Waals surface area contributed by atoms with Gasteiger partial charge < -0.3 is 11.1 Å². The quantitative estimate of drug-likeness (QED) is 0.296. The Kier molecular flexibility index (Phi) is 4.98. The fourth-order valence-electron chi connectivity index (χ4n) is 0.804. The molecule has 0 rings (SSSR count). The minimum Gasteiger partial charge on any atom is -0.370 e. The Morgan fingerprint density at radius 3 is 2.62 bits per heavy atom. The normalized spacial score (nSPS) is 12.3. The van der Waals surface area contributed by atoms with Crippen LogP contribution in [-0.2, 0) is 0 Å². The summed E-state index contributed by atoms with van der Waals surface area (Å²) in [6.45, 7) is 6.81. The fraction of sp³-hybridized carbons (Fsp3) is 0.700. The molecule has 3 nitrogen and oxygen atoms in total. The van der Waals surface area contributed by atoms with Crippen LogP contribution in [0.1, 0.15) is 33.6 Å². The van der Waals surface area contributed by atoms with Crippen molar-refractivity contribution in [1.82, 2.24) is 5.32 Å². The first kappa shape index (κ1) is 11.8. The van der Waals surface area contributed by atoms with Gasteiger partial charge in [0.15, 0.2) is 5.96 Å². The van der Waals surface area contributed by atoms with Gasteiger partial charge in [0.2, 0.25) is 0 Å². The van der Waals surface area contributed by atoms with E-state index in [9.17, 15) is 0 Å². The second-order valence-corrected chi connectivity index (χ2v) is 3.95. The Morgan fingerprint density at radius 1 is 1.54 bits per heavy atom. The largest absolute Gasteiger partial charge is 0.370 e. The van der Waals surface area contributed by atoms with E-state index < -0.39 is 0 Å². The second-order valence-electron chi connectivity index (χ2n) is 3.95. The highest BCUT2D eigenvalue weighted by Crippen LogP contribution is 1.97. The number of nitrogens with zero attached hydrogens (tertiary/aromatic N) is 1. The molecule has 0 amide bonds. The van der Waals surface area contributed by atoms with E-state index in [0.717, 1.165) is 12.8 Å². The third-order valence-electron chi connectivity index (χ3n) is 1.26. The molecule has 0 saturated heterocycles. The maximum absolute atomic E-state index is 5.63. The standard InChI is InChI=1S/C10H19N3/c1-5-6-7-8-12-9(11)13-10(2,3)4/h1H,6-8H2,2-4H3,(H3,11,12,13). The van der Waals surface area contributed by atoms with Gasteiger partial charge in [-0.2, -0.15) is 0 Å². The van der Waals surface area contributed by atoms with Gasteiger partial charge in [0.25, 0.3) is 0 Å². The van der Waals surface area contributed by atoms with Crippen molar-refractivity contribution in [3.63, 3.8) is 0 Å². The Morgan fingerprint density at radius 2 is 2.15 bits per heavy atom. The van der Waals surface area contributed by atoms with Gasteiger partial charge in [-0.25, -0.2) is 0 Å². The molecule has 0 aliphatic rings. The summed E-state index contributed by atoms with van der Waals surface area (Å²) in [5, 5.41) is 3.07. The zero-order chi connectivity index (χ0) is 10.3. The average molecular weight is 181 g/mol. The molecule has 0 atom stereocenters. The van der Waals surface area contributed by atoms with Crippen LogP contribution < -0.4 is 11.1 Å². The van der Waals surface area contributed by atoms with Crippen molar-refractivity contribution >= 4 is 5.96 Å². The first-order chi connectivity index (χ1) is 5.95. The van der Waals surface area contributed by atoms with E-state index in [2.05, 4.69) is 16.2 Å². The molecule has 0 aliphatic heterocycles. The van der Waals surface area contributed by atoms with Gasteiger partial charge in [-0.05, 0) is 27.2 Å². The van der Waals surface area contributed by atoms with Crippen LogP contribution in [-0.4, -0.2) is 18.0 Å². The number of terminal acetylenes is 1. The molecule has 0 fully saturated rings. The van der Waals surface area contributed by atoms with Crippen molar-refractivity contribution in [2.75, 3.05) is 6.54 Å². The summed E-state index contributed by atoms with van der Waals surface area (Å²) in [5.74, 6) is 3.05. The minimum atomic E-state index is -0.0281. The molecular weight excluding hydrogens is 162 g/mol. The van der Waals surface area contributed by atoms with Crippen LogP contribution in [0.15, 0.2) is 4.99 Å². The van der Waals surface area contributed by atoms with E-state index >= 15 is 0 Å². The van der Waals surface area contributed by atoms with Crippen molar-refractivity contribution in [3.05, 3.63) is 0 Å². The lowest BCUT2D eigenvalue weighted by Crippen LogP contribution is -2.45. The molecule has 0 aliphatic carbocycles. The molecular formula is C10H19N3. The number of rotatable bonds is 3. The fourth-order valence-corrected chi connectivity index (χ4v) is 0.804. The third-order valence-corrected chi connectivity index (χ3v) is 1.26. The molecule has 0 aromatic heterocycles. The van der Waals surface area contributed by atoms with Gasteiger partial charge in [-0.1, -0.05) is 0 Å². The van der Waals surface area contributed by atoms with Crippen LogP contribution in [0.3, 0.4) is 0 Å². The maximum atomic E-state index is 5.63. The zero-order valence-electron chi connectivity index (χ0n) is 8.72. The van der Waals surface area contributed by atoms with Crippen molar-refractivity contribution in [3.8, 4) is 12.3 Å². The predicted octanol–water partition coefficient (Wildman–Crippen LogP) is 1.10. The van der Waals surface area contributed by atoms with E-state index in [1.807, 2.05) is 20.8 Å². The van der Waals surface area contributed by atoms with Crippen LogP contribution in [0, 0.1) is 12.3 Å². The first-order valence-electron chi connectivity index (χ1n) is 4.47. The van der Waals surface area contributed by atoms with Gasteiger partial charge >= 0.3 is 0 Å². The topological polar surface area (TPSA) is 50.4 Å². The zero-order valence-corrected chi connectivity index (χ0v) is 8.72. The Bertz CT molecular complexity index is 205. The summed E-state index contributed by atoms with van der Waals surface area (Å²) in [6, 6.07) is 0. The SMILES string of the molecule is C#CCCCN=C(N)NC(C)(C)C. The van der Waals surface area contributed by atoms with E-state index in [1.54, 1.807) is 0 Å². The van der Waals surface area contributed by atoms with Crippen LogP contribution >= 0.6 is 0 Å². The Hall–Kier alpha value is -1.17. The number of nitrogens with one attached hydrogen (secondary N) is 1. The highest BCUT2D eigenvalue weighted by Gasteiger charge is 2.08. The molecule has 3 N–H and O–H groups in total. The molecule has 0 bridgehead atoms. The molecule has 13 heavy (non-hydrogen) atoms. The number of hydrogen-bond donors (Lipinski definition) is 2. The highest BCUT2D eigenvalue weighted by molar-refractivity contribution is 5.78. The summed E-state index contributed by atoms with van der Waals surface area (Å²) in [4.78, 5) is 4.13. The predicted molar refractivity (Wildman–Crippen MR) is 57.4 cm³/mol. The lowest BCUT2D eigenvalue weighted by Gasteiger charge is -2.20. The lowest BCUT2D eigenvalue weighted by molar-refractivity contribution is 0.508. The van der Waals surface area contributed by atoms with E-state index in [4.69, 9.17) is 12.2 Å². The monoisotopic (exact) mass is 181 g/mol. The number of aliphatic imine (C=N–C) groups is 1. The van der Waals surface area contributed by atoms with Crippen LogP contribution in [0.2, 0.25) is 0 Å². The van der Waals surface area contributed by atoms with E-state index in [-0.39, 0.29) is 5.54 Å². The van der Waals surface area contributed by atoms with Gasteiger partial charge in [-0.15, -0.1) is 12.3 Å². The lowest BCUT2D eigenvalue weighted by atomic mass is 10.1. The number of hydrogen-bond acceptors (Lipinski definition) is 1. The maximum Gasteiger partial charge on any atom is 0.188 e. The molecule has 0 heterocycles. The van der Waals surface area contributed by atoms with Crippen molar-refractivity contribution in [2.24, 2.45) is 10.7 Å². The third kappa shape index (κ3) is 8.74. The molecule has 0 unspecified atom stereocenters. The van der Waals surface area contributed by atoms with E-state index in [0.29, 0.717) is 12.5 Å². The van der Waals surface area contributed by atoms with Crippen LogP contribution in [0.4, 0.5) is 0 Å². The second kappa shape index (κ2) is 5.47. The first-order valence-corrected chi connectivity index (χ1v) is 4.47. The molecule has 0 aromatic rings. The van der Waals surface area contributed by atoms with Gasteiger partial charge in [0, 0.05) is 18.5 Å². The van der Waals surface area contributed by atoms with Gasteiger partial charge in [0.05, 0.1) is 0 Å². The van der Waals surface area contributed by atoms with Crippen LogP contribution in [0.25, 0.3) is 0 Å². The van der Waals surface area contributed by atoms with Gasteiger partial charge in [-0.3, -0.25) is 4.99 Å². The summed E-state index contributed by atoms with van der Waals surface area (Å²) in [7, 11) is 0. The Balaban J connectivity index is 3.71. The molecule has 0 aromatic carbocycles. The number of guanidine groups is 1. The summed E-state index contributed by atoms with van der Waals surface area (Å²) in [5.41, 5.74) is 5.60. The molecule has 0 spiro atoms. The molecule has 0 radical (unpaired) electrons. The summed E-state index contributed by atoms with van der Waals surface area (Å²) >= 11 is 0. The number of nitrogens with two attached hydrogens (primary N) is 1. The van der Waals surface area contributed by atoms with Gasteiger partial charge in [0.1, 0.15) is 0 Å². The Labute approximate surface area is 80.8 Å². The van der Waals surface area contributed by atoms with Crippen molar-refractivity contribution in [1.29, 1.82) is 0 Å². The molecule has 0 saturated carbocycles. The summed E-state index contributed by atoms with van der Waals surface area (Å²) < 4.78 is 0. The van der Waals surface area contributed by atoms with E-state index in [1.165, 1.54) is 0 Å². The number of unbranched alkanes of at least 4 members (excludes halogenated alkanes) is 1. The van der Waals surface area contributed by atoms with Crippen molar-refractivity contribution in [2.45, 2.75) is 39.2 Å². The van der Waals surface area contributed by atoms with Crippen molar-refractivity contribution < 1.29 is 0 Å². The highest BCUT2D eigenvalue weighted by atomic mass is 15.1. The smallest absolute Gasteiger partial charge is 0.188 e. The summed E-state index contributed by atoms with van der Waals surface area (Å²) in [6.07, 6.45) is 6.75.